The summed E-state index contributed by atoms with van der Waals surface area (Å²) in [5, 5.41) is 14.4. The lowest BCUT2D eigenvalue weighted by Crippen LogP contribution is -2.41. The summed E-state index contributed by atoms with van der Waals surface area (Å²) in [4.78, 5) is 33.2. The van der Waals surface area contributed by atoms with Gasteiger partial charge in [-0.3, -0.25) is 14.9 Å². The number of nitrogens with one attached hydrogen (secondary N) is 1. The van der Waals surface area contributed by atoms with E-state index in [9.17, 15) is 14.9 Å². The third kappa shape index (κ3) is 4.03. The number of amides is 1. The molecule has 0 spiro atoms. The van der Waals surface area contributed by atoms with E-state index in [4.69, 9.17) is 11.6 Å². The number of nitrogens with zero attached hydrogens (tertiary/aromatic N) is 4. The average molecular weight is 362 g/mol. The fraction of sp³-hybridized carbons (Fsp3) is 0.312. The minimum absolute atomic E-state index is 0.0528. The molecular formula is C16H16ClN5O3. The standard InChI is InChI=1S/C16H16ClN5O3/c17-12-5-6-14(19-9-12)20-16(23)11-3-2-8-21(10-11)15-13(22(24)25)4-1-7-18-15/h1,4-7,9,11H,2-3,8,10H2,(H,19,20,23)/t11-/m1/s1. The molecule has 3 rings (SSSR count). The highest BCUT2D eigenvalue weighted by atomic mass is 35.5. The molecule has 1 aliphatic rings. The Bertz CT molecular complexity index is 784. The SMILES string of the molecule is O=C(Nc1ccc(Cl)cn1)[C@@H]1CCCN(c2ncccc2[N+](=O)[O-])C1. The molecule has 0 saturated carbocycles. The first kappa shape index (κ1) is 17.1. The summed E-state index contributed by atoms with van der Waals surface area (Å²) in [6.45, 7) is 0.998. The number of hydrogen-bond donors (Lipinski definition) is 1. The van der Waals surface area contributed by atoms with Crippen LogP contribution in [0.25, 0.3) is 0 Å². The van der Waals surface area contributed by atoms with E-state index in [0.717, 1.165) is 6.42 Å². The molecule has 0 unspecified atom stereocenters. The molecule has 130 valence electrons. The molecule has 1 atom stereocenters. The van der Waals surface area contributed by atoms with Crippen molar-refractivity contribution in [1.82, 2.24) is 9.97 Å². The van der Waals surface area contributed by atoms with Gasteiger partial charge in [0.2, 0.25) is 11.7 Å². The van der Waals surface area contributed by atoms with E-state index in [1.165, 1.54) is 24.5 Å². The maximum absolute atomic E-state index is 12.5. The van der Waals surface area contributed by atoms with Crippen molar-refractivity contribution in [3.8, 4) is 0 Å². The molecule has 3 heterocycles. The molecule has 1 aliphatic heterocycles. The summed E-state index contributed by atoms with van der Waals surface area (Å²) in [5.41, 5.74) is -0.0528. The summed E-state index contributed by atoms with van der Waals surface area (Å²) in [7, 11) is 0. The lowest BCUT2D eigenvalue weighted by atomic mass is 9.97. The van der Waals surface area contributed by atoms with Crippen LogP contribution in [0.4, 0.5) is 17.3 Å². The van der Waals surface area contributed by atoms with Crippen LogP contribution in [0.15, 0.2) is 36.7 Å². The molecule has 2 aromatic heterocycles. The lowest BCUT2D eigenvalue weighted by Gasteiger charge is -2.32. The van der Waals surface area contributed by atoms with Gasteiger partial charge in [-0.2, -0.15) is 0 Å². The van der Waals surface area contributed by atoms with Crippen molar-refractivity contribution in [2.75, 3.05) is 23.3 Å². The van der Waals surface area contributed by atoms with E-state index in [0.29, 0.717) is 36.2 Å². The largest absolute Gasteiger partial charge is 0.350 e. The maximum atomic E-state index is 12.5. The highest BCUT2D eigenvalue weighted by molar-refractivity contribution is 6.30. The van der Waals surface area contributed by atoms with Gasteiger partial charge in [-0.1, -0.05) is 11.6 Å². The number of nitro groups is 1. The van der Waals surface area contributed by atoms with Crippen LogP contribution in [0.5, 0.6) is 0 Å². The van der Waals surface area contributed by atoms with Gasteiger partial charge in [0.25, 0.3) is 0 Å². The summed E-state index contributed by atoms with van der Waals surface area (Å²) in [6.07, 6.45) is 4.43. The monoisotopic (exact) mass is 361 g/mol. The Balaban J connectivity index is 1.72. The zero-order valence-corrected chi connectivity index (χ0v) is 14.0. The molecular weight excluding hydrogens is 346 g/mol. The van der Waals surface area contributed by atoms with E-state index < -0.39 is 4.92 Å². The van der Waals surface area contributed by atoms with E-state index in [-0.39, 0.29) is 17.5 Å². The average Bonchev–Trinajstić information content (AvgIpc) is 2.63. The summed E-state index contributed by atoms with van der Waals surface area (Å²) >= 11 is 5.78. The van der Waals surface area contributed by atoms with E-state index in [2.05, 4.69) is 15.3 Å². The summed E-state index contributed by atoms with van der Waals surface area (Å²) in [6, 6.07) is 6.23. The number of halogens is 1. The predicted octanol–water partition coefficient (Wildman–Crippen LogP) is 2.89. The van der Waals surface area contributed by atoms with Gasteiger partial charge in [0.1, 0.15) is 5.82 Å². The Hall–Kier alpha value is -2.74. The molecule has 9 heteroatoms. The van der Waals surface area contributed by atoms with Gasteiger partial charge >= 0.3 is 5.69 Å². The van der Waals surface area contributed by atoms with Gasteiger partial charge in [0.15, 0.2) is 0 Å². The normalized spacial score (nSPS) is 17.2. The zero-order valence-electron chi connectivity index (χ0n) is 13.3. The van der Waals surface area contributed by atoms with Crippen molar-refractivity contribution in [3.05, 3.63) is 51.8 Å². The first-order valence-electron chi connectivity index (χ1n) is 7.81. The van der Waals surface area contributed by atoms with E-state index >= 15 is 0 Å². The molecule has 0 aromatic carbocycles. The number of carbonyl (C=O) groups excluding carboxylic acids is 1. The third-order valence-corrected chi connectivity index (χ3v) is 4.26. The van der Waals surface area contributed by atoms with Crippen LogP contribution in [0.2, 0.25) is 5.02 Å². The quantitative estimate of drug-likeness (QED) is 0.663. The fourth-order valence-corrected chi connectivity index (χ4v) is 2.95. The number of carbonyl (C=O) groups is 1. The minimum Gasteiger partial charge on any atom is -0.350 e. The van der Waals surface area contributed by atoms with Gasteiger partial charge in [-0.25, -0.2) is 9.97 Å². The molecule has 2 aromatic rings. The second-order valence-electron chi connectivity index (χ2n) is 5.74. The van der Waals surface area contributed by atoms with Crippen LogP contribution >= 0.6 is 11.6 Å². The van der Waals surface area contributed by atoms with Crippen LogP contribution < -0.4 is 10.2 Å². The van der Waals surface area contributed by atoms with Crippen LogP contribution in [0, 0.1) is 16.0 Å². The van der Waals surface area contributed by atoms with E-state index in [1.54, 1.807) is 17.0 Å². The van der Waals surface area contributed by atoms with Crippen molar-refractivity contribution in [1.29, 1.82) is 0 Å². The number of anilines is 2. The molecule has 1 saturated heterocycles. The highest BCUT2D eigenvalue weighted by Crippen LogP contribution is 2.29. The second kappa shape index (κ2) is 7.43. The van der Waals surface area contributed by atoms with Crippen molar-refractivity contribution in [3.63, 3.8) is 0 Å². The molecule has 1 fully saturated rings. The Morgan fingerprint density at radius 2 is 2.20 bits per heavy atom. The van der Waals surface area contributed by atoms with Crippen molar-refractivity contribution in [2.24, 2.45) is 5.92 Å². The summed E-state index contributed by atoms with van der Waals surface area (Å²) in [5.74, 6) is 0.260. The Morgan fingerprint density at radius 1 is 1.36 bits per heavy atom. The van der Waals surface area contributed by atoms with Gasteiger partial charge in [-0.05, 0) is 31.0 Å². The van der Waals surface area contributed by atoms with E-state index in [1.807, 2.05) is 0 Å². The minimum atomic E-state index is -0.455. The topological polar surface area (TPSA) is 101 Å². The predicted molar refractivity (Wildman–Crippen MR) is 93.7 cm³/mol. The fourth-order valence-electron chi connectivity index (χ4n) is 2.84. The molecule has 1 N–H and O–H groups in total. The van der Waals surface area contributed by atoms with Crippen molar-refractivity contribution in [2.45, 2.75) is 12.8 Å². The molecule has 25 heavy (non-hydrogen) atoms. The smallest absolute Gasteiger partial charge is 0.311 e. The first-order valence-corrected chi connectivity index (χ1v) is 8.19. The van der Waals surface area contributed by atoms with Crippen molar-refractivity contribution < 1.29 is 9.72 Å². The number of pyridine rings is 2. The molecule has 0 bridgehead atoms. The number of aromatic nitrogens is 2. The van der Waals surface area contributed by atoms with Crippen LogP contribution in [0.3, 0.4) is 0 Å². The number of piperidine rings is 1. The molecule has 1 amide bonds. The maximum Gasteiger partial charge on any atom is 0.311 e. The third-order valence-electron chi connectivity index (χ3n) is 4.03. The van der Waals surface area contributed by atoms with Crippen LogP contribution in [-0.4, -0.2) is 33.9 Å². The lowest BCUT2D eigenvalue weighted by molar-refractivity contribution is -0.384. The molecule has 8 nitrogen and oxygen atoms in total. The van der Waals surface area contributed by atoms with Crippen LogP contribution in [-0.2, 0) is 4.79 Å². The molecule has 0 aliphatic carbocycles. The van der Waals surface area contributed by atoms with Gasteiger partial charge in [0, 0.05) is 31.5 Å². The molecule has 0 radical (unpaired) electrons. The number of rotatable bonds is 4. The van der Waals surface area contributed by atoms with Crippen LogP contribution in [0.1, 0.15) is 12.8 Å². The zero-order chi connectivity index (χ0) is 17.8. The second-order valence-corrected chi connectivity index (χ2v) is 6.18. The Labute approximate surface area is 149 Å². The summed E-state index contributed by atoms with van der Waals surface area (Å²) < 4.78 is 0. The van der Waals surface area contributed by atoms with Gasteiger partial charge < -0.3 is 10.2 Å². The Morgan fingerprint density at radius 3 is 2.92 bits per heavy atom. The van der Waals surface area contributed by atoms with Crippen molar-refractivity contribution >= 4 is 34.8 Å². The Kier molecular flexibility index (Phi) is 5.08. The van der Waals surface area contributed by atoms with Gasteiger partial charge in [-0.15, -0.1) is 0 Å². The van der Waals surface area contributed by atoms with Gasteiger partial charge in [0.05, 0.1) is 15.9 Å². The first-order chi connectivity index (χ1) is 12.0. The number of hydrogen-bond acceptors (Lipinski definition) is 6. The highest BCUT2D eigenvalue weighted by Gasteiger charge is 2.30.